The van der Waals surface area contributed by atoms with Crippen LogP contribution in [0.2, 0.25) is 0 Å². The summed E-state index contributed by atoms with van der Waals surface area (Å²) in [6.07, 6.45) is 5.46. The Morgan fingerprint density at radius 2 is 1.85 bits per heavy atom. The molecule has 3 aromatic rings. The Morgan fingerprint density at radius 3 is 2.38 bits per heavy atom. The molecule has 1 aliphatic heterocycles. The lowest BCUT2D eigenvalue weighted by atomic mass is 9.61. The molecule has 3 heterocycles. The Hall–Kier alpha value is -3.98. The number of hydrogen-bond donors (Lipinski definition) is 2. The molecule has 1 saturated heterocycles. The van der Waals surface area contributed by atoms with Crippen molar-refractivity contribution >= 4 is 18.0 Å². The quantitative estimate of drug-likeness (QED) is 0.427. The number of amides is 1. The van der Waals surface area contributed by atoms with Crippen LogP contribution in [0.1, 0.15) is 29.2 Å². The molecule has 4 N–H and O–H groups in total. The molecule has 0 radical (unpaired) electrons. The number of carbonyl (C=O) groups is 2. The van der Waals surface area contributed by atoms with Gasteiger partial charge in [0, 0.05) is 13.1 Å². The van der Waals surface area contributed by atoms with Crippen LogP contribution in [-0.4, -0.2) is 52.0 Å². The monoisotopic (exact) mass is 460 g/mol. The standard InChI is InChI=1S/C22H24N6O2.C3H4O/c1-27-12-22(13-27)9-14(10-22)28-20(23)18(21(24)29)19(26-28)17-8-7-16(11-25-17)30-15-5-3-2-4-6-15;1-2-3-4/h2-8,11,14H,9-10,12-13,23H2,1H3,(H2,24,29);2-3H,1H2. The van der Waals surface area contributed by atoms with Gasteiger partial charge in [-0.2, -0.15) is 5.10 Å². The molecule has 34 heavy (non-hydrogen) atoms. The first kappa shape index (κ1) is 23.2. The van der Waals surface area contributed by atoms with Gasteiger partial charge in [-0.25, -0.2) is 4.68 Å². The minimum atomic E-state index is -0.599. The molecular weight excluding hydrogens is 432 g/mol. The van der Waals surface area contributed by atoms with E-state index in [0.717, 1.165) is 31.7 Å². The largest absolute Gasteiger partial charge is 0.456 e. The second-order valence-corrected chi connectivity index (χ2v) is 8.82. The molecular formula is C25H28N6O3. The predicted molar refractivity (Wildman–Crippen MR) is 129 cm³/mol. The molecule has 176 valence electrons. The number of carbonyl (C=O) groups excluding carboxylic acids is 2. The summed E-state index contributed by atoms with van der Waals surface area (Å²) in [6, 6.07) is 13.2. The molecule has 5 rings (SSSR count). The van der Waals surface area contributed by atoms with Crippen LogP contribution < -0.4 is 16.2 Å². The van der Waals surface area contributed by atoms with Gasteiger partial charge in [-0.05, 0) is 55.6 Å². The maximum atomic E-state index is 12.1. The summed E-state index contributed by atoms with van der Waals surface area (Å²) in [5, 5.41) is 4.65. The van der Waals surface area contributed by atoms with E-state index in [2.05, 4.69) is 28.6 Å². The highest BCUT2D eigenvalue weighted by Crippen LogP contribution is 2.54. The van der Waals surface area contributed by atoms with E-state index in [1.165, 1.54) is 6.08 Å². The zero-order chi connectivity index (χ0) is 24.3. The highest BCUT2D eigenvalue weighted by Gasteiger charge is 2.52. The lowest BCUT2D eigenvalue weighted by molar-refractivity contribution is -0.104. The van der Waals surface area contributed by atoms with Gasteiger partial charge in [-0.1, -0.05) is 24.8 Å². The van der Waals surface area contributed by atoms with Crippen LogP contribution in [0.25, 0.3) is 11.4 Å². The summed E-state index contributed by atoms with van der Waals surface area (Å²) in [5.41, 5.74) is 13.5. The summed E-state index contributed by atoms with van der Waals surface area (Å²) in [6.45, 7) is 5.31. The second-order valence-electron chi connectivity index (χ2n) is 8.82. The average Bonchev–Trinajstić information content (AvgIpc) is 3.13. The number of nitrogens with two attached hydrogens (primary N) is 2. The lowest BCUT2D eigenvalue weighted by Gasteiger charge is -2.58. The molecule has 1 saturated carbocycles. The van der Waals surface area contributed by atoms with Crippen molar-refractivity contribution in [3.8, 4) is 22.9 Å². The Labute approximate surface area is 198 Å². The maximum Gasteiger partial charge on any atom is 0.254 e. The third-order valence-corrected chi connectivity index (χ3v) is 6.14. The first-order chi connectivity index (χ1) is 16.4. The van der Waals surface area contributed by atoms with E-state index in [-0.39, 0.29) is 11.6 Å². The number of aldehydes is 1. The van der Waals surface area contributed by atoms with E-state index in [0.29, 0.717) is 34.7 Å². The van der Waals surface area contributed by atoms with Crippen LogP contribution in [0.5, 0.6) is 11.5 Å². The van der Waals surface area contributed by atoms with Crippen LogP contribution in [0, 0.1) is 5.41 Å². The molecule has 1 amide bonds. The third kappa shape index (κ3) is 4.55. The molecule has 2 fully saturated rings. The smallest absolute Gasteiger partial charge is 0.254 e. The molecule has 1 aromatic carbocycles. The van der Waals surface area contributed by atoms with Crippen molar-refractivity contribution < 1.29 is 14.3 Å². The number of para-hydroxylation sites is 1. The van der Waals surface area contributed by atoms with Crippen molar-refractivity contribution in [1.82, 2.24) is 19.7 Å². The van der Waals surface area contributed by atoms with E-state index in [1.807, 2.05) is 30.3 Å². The van der Waals surface area contributed by atoms with Gasteiger partial charge >= 0.3 is 0 Å². The van der Waals surface area contributed by atoms with Gasteiger partial charge in [0.15, 0.2) is 0 Å². The van der Waals surface area contributed by atoms with E-state index >= 15 is 0 Å². The minimum Gasteiger partial charge on any atom is -0.456 e. The number of rotatable bonds is 6. The number of primary amides is 1. The van der Waals surface area contributed by atoms with Gasteiger partial charge in [0.1, 0.15) is 34.9 Å². The number of hydrogen-bond acceptors (Lipinski definition) is 7. The van der Waals surface area contributed by atoms with Crippen LogP contribution in [0.3, 0.4) is 0 Å². The fraction of sp³-hybridized carbons (Fsp3) is 0.280. The first-order valence-electron chi connectivity index (χ1n) is 11.0. The summed E-state index contributed by atoms with van der Waals surface area (Å²) in [7, 11) is 2.13. The van der Waals surface area contributed by atoms with Crippen LogP contribution in [0.4, 0.5) is 5.82 Å². The topological polar surface area (TPSA) is 129 Å². The van der Waals surface area contributed by atoms with Crippen molar-refractivity contribution in [2.24, 2.45) is 11.1 Å². The fourth-order valence-corrected chi connectivity index (χ4v) is 4.82. The van der Waals surface area contributed by atoms with Gasteiger partial charge in [0.2, 0.25) is 0 Å². The molecule has 2 aliphatic rings. The summed E-state index contributed by atoms with van der Waals surface area (Å²) < 4.78 is 7.54. The van der Waals surface area contributed by atoms with E-state index in [9.17, 15) is 4.79 Å². The number of anilines is 1. The molecule has 0 unspecified atom stereocenters. The second kappa shape index (κ2) is 9.48. The summed E-state index contributed by atoms with van der Waals surface area (Å²) in [5.74, 6) is 1.03. The highest BCUT2D eigenvalue weighted by atomic mass is 16.5. The van der Waals surface area contributed by atoms with Crippen LogP contribution in [-0.2, 0) is 4.79 Å². The Bertz CT molecular complexity index is 1170. The number of ether oxygens (including phenoxy) is 1. The zero-order valence-electron chi connectivity index (χ0n) is 19.1. The summed E-state index contributed by atoms with van der Waals surface area (Å²) in [4.78, 5) is 27.9. The van der Waals surface area contributed by atoms with Gasteiger partial charge < -0.3 is 21.1 Å². The van der Waals surface area contributed by atoms with Crippen molar-refractivity contribution in [2.75, 3.05) is 25.9 Å². The third-order valence-electron chi connectivity index (χ3n) is 6.14. The van der Waals surface area contributed by atoms with Gasteiger partial charge in [-0.15, -0.1) is 0 Å². The van der Waals surface area contributed by atoms with Gasteiger partial charge in [0.05, 0.1) is 17.9 Å². The molecule has 1 aliphatic carbocycles. The van der Waals surface area contributed by atoms with E-state index < -0.39 is 5.91 Å². The Balaban J connectivity index is 0.000000636. The fourth-order valence-electron chi connectivity index (χ4n) is 4.82. The number of nitrogen functional groups attached to an aromatic ring is 1. The Kier molecular flexibility index (Phi) is 6.47. The molecule has 1 spiro atoms. The zero-order valence-corrected chi connectivity index (χ0v) is 19.1. The van der Waals surface area contributed by atoms with Crippen molar-refractivity contribution in [2.45, 2.75) is 18.9 Å². The van der Waals surface area contributed by atoms with Crippen molar-refractivity contribution in [1.29, 1.82) is 0 Å². The maximum absolute atomic E-state index is 12.1. The lowest BCUT2D eigenvalue weighted by Crippen LogP contribution is -2.60. The molecule has 9 heteroatoms. The number of pyridine rings is 1. The van der Waals surface area contributed by atoms with Crippen LogP contribution >= 0.6 is 0 Å². The predicted octanol–water partition coefficient (Wildman–Crippen LogP) is 3.06. The minimum absolute atomic E-state index is 0.186. The average molecular weight is 461 g/mol. The number of aromatic nitrogens is 3. The summed E-state index contributed by atoms with van der Waals surface area (Å²) >= 11 is 0. The highest BCUT2D eigenvalue weighted by molar-refractivity contribution is 6.03. The molecule has 0 bridgehead atoms. The molecule has 9 nitrogen and oxygen atoms in total. The first-order valence-corrected chi connectivity index (χ1v) is 11.0. The number of allylic oxidation sites excluding steroid dienone is 1. The normalized spacial score (nSPS) is 16.5. The van der Waals surface area contributed by atoms with Crippen molar-refractivity contribution in [3.63, 3.8) is 0 Å². The number of likely N-dealkylation sites (tertiary alicyclic amines) is 1. The van der Waals surface area contributed by atoms with Crippen LogP contribution in [0.15, 0.2) is 61.3 Å². The Morgan fingerprint density at radius 1 is 1.18 bits per heavy atom. The van der Waals surface area contributed by atoms with Crippen molar-refractivity contribution in [3.05, 3.63) is 66.9 Å². The molecule has 0 atom stereocenters. The SMILES string of the molecule is C=CC=O.CN1CC2(CC(n3nc(-c4ccc(Oc5ccccc5)cn4)c(C(N)=O)c3N)C2)C1. The van der Waals surface area contributed by atoms with Gasteiger partial charge in [-0.3, -0.25) is 14.6 Å². The van der Waals surface area contributed by atoms with E-state index in [4.69, 9.17) is 21.0 Å². The number of benzene rings is 1. The molecule has 2 aromatic heterocycles. The van der Waals surface area contributed by atoms with E-state index in [1.54, 1.807) is 23.0 Å². The van der Waals surface area contributed by atoms with Gasteiger partial charge in [0.25, 0.3) is 5.91 Å². The number of nitrogens with zero attached hydrogens (tertiary/aromatic N) is 4.